The van der Waals surface area contributed by atoms with Gasteiger partial charge in [0.25, 0.3) is 0 Å². The molecule has 2 rings (SSSR count). The lowest BCUT2D eigenvalue weighted by atomic mass is 10.2. The molecule has 1 amide bonds. The standard InChI is InChI=1S/C12H12Cl2N4O/c13-10-2-1-3-11(14)9(10)5-16-8-4-17-18(6-8)7-12(15)19/h1-4,6,16H,5,7H2,(H2,15,19). The highest BCUT2D eigenvalue weighted by atomic mass is 35.5. The number of nitrogens with two attached hydrogens (primary N) is 1. The van der Waals surface area contributed by atoms with Crippen molar-refractivity contribution in [2.24, 2.45) is 5.73 Å². The van der Waals surface area contributed by atoms with E-state index in [2.05, 4.69) is 10.4 Å². The normalized spacial score (nSPS) is 10.4. The monoisotopic (exact) mass is 298 g/mol. The maximum Gasteiger partial charge on any atom is 0.239 e. The van der Waals surface area contributed by atoms with Gasteiger partial charge in [-0.1, -0.05) is 29.3 Å². The number of primary amides is 1. The second-order valence-electron chi connectivity index (χ2n) is 3.95. The molecule has 1 heterocycles. The number of benzene rings is 1. The first-order valence-electron chi connectivity index (χ1n) is 5.54. The highest BCUT2D eigenvalue weighted by molar-refractivity contribution is 6.36. The first-order valence-corrected chi connectivity index (χ1v) is 6.29. The maximum atomic E-state index is 10.8. The molecule has 0 spiro atoms. The molecule has 0 aliphatic rings. The lowest BCUT2D eigenvalue weighted by Crippen LogP contribution is -2.18. The minimum absolute atomic E-state index is 0.0501. The average Bonchev–Trinajstić information content (AvgIpc) is 2.75. The second-order valence-corrected chi connectivity index (χ2v) is 4.76. The number of rotatable bonds is 5. The van der Waals surface area contributed by atoms with Crippen molar-refractivity contribution in [3.8, 4) is 0 Å². The van der Waals surface area contributed by atoms with Crippen molar-refractivity contribution in [3.05, 3.63) is 46.2 Å². The van der Waals surface area contributed by atoms with E-state index in [1.165, 1.54) is 4.68 Å². The predicted molar refractivity (Wildman–Crippen MR) is 75.2 cm³/mol. The molecule has 5 nitrogen and oxygen atoms in total. The van der Waals surface area contributed by atoms with E-state index >= 15 is 0 Å². The van der Waals surface area contributed by atoms with E-state index in [-0.39, 0.29) is 6.54 Å². The summed E-state index contributed by atoms with van der Waals surface area (Å²) in [4.78, 5) is 10.8. The smallest absolute Gasteiger partial charge is 0.239 e. The predicted octanol–water partition coefficient (Wildman–Crippen LogP) is 2.29. The van der Waals surface area contributed by atoms with Crippen LogP contribution in [0.1, 0.15) is 5.56 Å². The molecule has 19 heavy (non-hydrogen) atoms. The molecule has 7 heteroatoms. The number of aromatic nitrogens is 2. The van der Waals surface area contributed by atoms with E-state index in [1.54, 1.807) is 30.6 Å². The number of anilines is 1. The molecule has 0 aliphatic carbocycles. The van der Waals surface area contributed by atoms with Gasteiger partial charge in [0, 0.05) is 28.4 Å². The second kappa shape index (κ2) is 5.95. The van der Waals surface area contributed by atoms with Crippen molar-refractivity contribution in [1.82, 2.24) is 9.78 Å². The fourth-order valence-corrected chi connectivity index (χ4v) is 2.12. The molecule has 1 aromatic carbocycles. The maximum absolute atomic E-state index is 10.8. The van der Waals surface area contributed by atoms with Crippen LogP contribution >= 0.6 is 23.2 Å². The van der Waals surface area contributed by atoms with Gasteiger partial charge in [0.05, 0.1) is 11.9 Å². The van der Waals surface area contributed by atoms with Gasteiger partial charge >= 0.3 is 0 Å². The summed E-state index contributed by atoms with van der Waals surface area (Å²) in [5.41, 5.74) is 6.66. The van der Waals surface area contributed by atoms with E-state index in [9.17, 15) is 4.79 Å². The minimum Gasteiger partial charge on any atom is -0.378 e. The number of carbonyl (C=O) groups excluding carboxylic acids is 1. The Morgan fingerprint density at radius 3 is 2.68 bits per heavy atom. The van der Waals surface area contributed by atoms with Gasteiger partial charge in [-0.15, -0.1) is 0 Å². The quantitative estimate of drug-likeness (QED) is 0.889. The Kier molecular flexibility index (Phi) is 4.29. The molecule has 100 valence electrons. The third-order valence-electron chi connectivity index (χ3n) is 2.48. The lowest BCUT2D eigenvalue weighted by Gasteiger charge is -2.07. The number of carbonyl (C=O) groups is 1. The molecule has 0 radical (unpaired) electrons. The summed E-state index contributed by atoms with van der Waals surface area (Å²) in [7, 11) is 0. The van der Waals surface area contributed by atoms with Crippen LogP contribution in [0.5, 0.6) is 0 Å². The fourth-order valence-electron chi connectivity index (χ4n) is 1.59. The van der Waals surface area contributed by atoms with Crippen molar-refractivity contribution in [2.75, 3.05) is 5.32 Å². The zero-order valence-electron chi connectivity index (χ0n) is 9.94. The fraction of sp³-hybridized carbons (Fsp3) is 0.167. The number of halogens is 2. The Balaban J connectivity index is 2.02. The van der Waals surface area contributed by atoms with E-state index in [4.69, 9.17) is 28.9 Å². The van der Waals surface area contributed by atoms with Crippen LogP contribution in [0.15, 0.2) is 30.6 Å². The molecule has 0 atom stereocenters. The van der Waals surface area contributed by atoms with Crippen LogP contribution < -0.4 is 11.1 Å². The summed E-state index contributed by atoms with van der Waals surface area (Å²) in [6, 6.07) is 5.35. The molecule has 0 bridgehead atoms. The summed E-state index contributed by atoms with van der Waals surface area (Å²) in [6.07, 6.45) is 3.29. The molecule has 0 fully saturated rings. The summed E-state index contributed by atoms with van der Waals surface area (Å²) >= 11 is 12.1. The van der Waals surface area contributed by atoms with E-state index in [1.807, 2.05) is 0 Å². The van der Waals surface area contributed by atoms with E-state index in [0.717, 1.165) is 11.3 Å². The Bertz CT molecular complexity index is 577. The molecular weight excluding hydrogens is 287 g/mol. The van der Waals surface area contributed by atoms with Crippen molar-refractivity contribution in [2.45, 2.75) is 13.1 Å². The van der Waals surface area contributed by atoms with Gasteiger partial charge in [0.15, 0.2) is 0 Å². The zero-order valence-corrected chi connectivity index (χ0v) is 11.4. The zero-order chi connectivity index (χ0) is 13.8. The molecule has 0 saturated heterocycles. The van der Waals surface area contributed by atoms with Gasteiger partial charge in [0.1, 0.15) is 6.54 Å². The SMILES string of the molecule is NC(=O)Cn1cc(NCc2c(Cl)cccc2Cl)cn1. The number of nitrogens with zero attached hydrogens (tertiary/aromatic N) is 2. The largest absolute Gasteiger partial charge is 0.378 e. The average molecular weight is 299 g/mol. The number of hydrogen-bond acceptors (Lipinski definition) is 3. The minimum atomic E-state index is -0.441. The van der Waals surface area contributed by atoms with Crippen LogP contribution in [0.2, 0.25) is 10.0 Å². The van der Waals surface area contributed by atoms with Gasteiger partial charge in [0.2, 0.25) is 5.91 Å². The third-order valence-corrected chi connectivity index (χ3v) is 3.19. The Morgan fingerprint density at radius 2 is 2.05 bits per heavy atom. The van der Waals surface area contributed by atoms with Gasteiger partial charge < -0.3 is 11.1 Å². The number of amides is 1. The third kappa shape index (κ3) is 3.62. The number of nitrogens with one attached hydrogen (secondary N) is 1. The van der Waals surface area contributed by atoms with Crippen molar-refractivity contribution >= 4 is 34.8 Å². The highest BCUT2D eigenvalue weighted by Gasteiger charge is 2.06. The van der Waals surface area contributed by atoms with Crippen LogP contribution in [0, 0.1) is 0 Å². The van der Waals surface area contributed by atoms with Gasteiger partial charge in [-0.25, -0.2) is 0 Å². The molecule has 0 saturated carbocycles. The molecule has 2 aromatic rings. The Morgan fingerprint density at radius 1 is 1.37 bits per heavy atom. The van der Waals surface area contributed by atoms with Crippen molar-refractivity contribution < 1.29 is 4.79 Å². The number of hydrogen-bond donors (Lipinski definition) is 2. The molecule has 1 aromatic heterocycles. The van der Waals surface area contributed by atoms with Gasteiger partial charge in [-0.3, -0.25) is 9.48 Å². The van der Waals surface area contributed by atoms with Crippen molar-refractivity contribution in [1.29, 1.82) is 0 Å². The summed E-state index contributed by atoms with van der Waals surface area (Å²) in [5.74, 6) is -0.441. The van der Waals surface area contributed by atoms with Crippen LogP contribution in [-0.4, -0.2) is 15.7 Å². The summed E-state index contributed by atoms with van der Waals surface area (Å²) in [5, 5.41) is 8.34. The van der Waals surface area contributed by atoms with Gasteiger partial charge in [-0.05, 0) is 12.1 Å². The van der Waals surface area contributed by atoms with Crippen LogP contribution in [0.25, 0.3) is 0 Å². The highest BCUT2D eigenvalue weighted by Crippen LogP contribution is 2.25. The first-order chi connectivity index (χ1) is 9.06. The topological polar surface area (TPSA) is 72.9 Å². The Hall–Kier alpha value is -1.72. The molecular formula is C12H12Cl2N4O. The van der Waals surface area contributed by atoms with Crippen LogP contribution in [0.4, 0.5) is 5.69 Å². The van der Waals surface area contributed by atoms with Gasteiger partial charge in [-0.2, -0.15) is 5.10 Å². The Labute approximate surface area is 120 Å². The summed E-state index contributed by atoms with van der Waals surface area (Å²) in [6.45, 7) is 0.523. The lowest BCUT2D eigenvalue weighted by molar-refractivity contribution is -0.118. The van der Waals surface area contributed by atoms with Crippen LogP contribution in [0.3, 0.4) is 0 Å². The van der Waals surface area contributed by atoms with Crippen molar-refractivity contribution in [3.63, 3.8) is 0 Å². The molecule has 0 unspecified atom stereocenters. The van der Waals surface area contributed by atoms with E-state index < -0.39 is 5.91 Å². The first kappa shape index (κ1) is 13.7. The van der Waals surface area contributed by atoms with Crippen LogP contribution in [-0.2, 0) is 17.9 Å². The molecule has 0 aliphatic heterocycles. The molecule has 3 N–H and O–H groups in total. The van der Waals surface area contributed by atoms with E-state index in [0.29, 0.717) is 16.6 Å². The summed E-state index contributed by atoms with van der Waals surface area (Å²) < 4.78 is 1.46.